The molecule has 0 atom stereocenters. The molecule has 3 rings (SSSR count). The van der Waals surface area contributed by atoms with Gasteiger partial charge in [-0.1, -0.05) is 11.6 Å². The number of ether oxygens (including phenoxy) is 1. The summed E-state index contributed by atoms with van der Waals surface area (Å²) in [5.74, 6) is -0.974. The maximum absolute atomic E-state index is 12.9. The number of hydrogen-bond donors (Lipinski definition) is 2. The first-order valence-corrected chi connectivity index (χ1v) is 8.91. The summed E-state index contributed by atoms with van der Waals surface area (Å²) in [7, 11) is -3.05. The summed E-state index contributed by atoms with van der Waals surface area (Å²) in [6.07, 6.45) is -4.42. The fourth-order valence-corrected chi connectivity index (χ4v) is 3.56. The Balaban J connectivity index is 1.98. The summed E-state index contributed by atoms with van der Waals surface area (Å²) >= 11 is 5.88. The van der Waals surface area contributed by atoms with Gasteiger partial charge in [-0.05, 0) is 18.2 Å². The largest absolute Gasteiger partial charge is 0.481 e. The van der Waals surface area contributed by atoms with Gasteiger partial charge < -0.3 is 9.72 Å². The fourth-order valence-electron chi connectivity index (χ4n) is 2.26. The van der Waals surface area contributed by atoms with Crippen LogP contribution in [0.4, 0.5) is 14.7 Å². The number of benzene rings is 1. The Morgan fingerprint density at radius 3 is 2.92 bits per heavy atom. The highest BCUT2D eigenvalue weighted by Crippen LogP contribution is 2.27. The number of sulfonamides is 1. The number of aromatic amines is 1. The molecular weight excluding hydrogens is 390 g/mol. The summed E-state index contributed by atoms with van der Waals surface area (Å²) in [5, 5.41) is 0.790. The Morgan fingerprint density at radius 2 is 2.23 bits per heavy atom. The SMILES string of the molecule is [2H]C([2H])(c1cnc(NS(=O)(=O)c2c[nH]c3cc(Cl)ccc23)nc1OC)C(F)F. The number of nitrogens with one attached hydrogen (secondary N) is 2. The van der Waals surface area contributed by atoms with Crippen LogP contribution in [-0.4, -0.2) is 36.9 Å². The minimum atomic E-state index is -4.15. The predicted molar refractivity (Wildman–Crippen MR) is 92.4 cm³/mol. The van der Waals surface area contributed by atoms with E-state index in [1.54, 1.807) is 6.07 Å². The molecule has 0 unspecified atom stereocenters. The molecule has 26 heavy (non-hydrogen) atoms. The Hall–Kier alpha value is -2.46. The first-order chi connectivity index (χ1) is 13.1. The third-order valence-corrected chi connectivity index (χ3v) is 4.94. The lowest BCUT2D eigenvalue weighted by Gasteiger charge is -2.10. The lowest BCUT2D eigenvalue weighted by Crippen LogP contribution is -2.15. The van der Waals surface area contributed by atoms with E-state index in [1.807, 2.05) is 0 Å². The molecule has 2 heterocycles. The van der Waals surface area contributed by atoms with Crippen LogP contribution in [0.1, 0.15) is 8.30 Å². The van der Waals surface area contributed by atoms with Crippen LogP contribution in [0.25, 0.3) is 10.9 Å². The van der Waals surface area contributed by atoms with Crippen molar-refractivity contribution in [1.29, 1.82) is 0 Å². The van der Waals surface area contributed by atoms with Crippen LogP contribution in [0.3, 0.4) is 0 Å². The number of H-pyrrole nitrogens is 1. The minimum Gasteiger partial charge on any atom is -0.481 e. The van der Waals surface area contributed by atoms with Crippen LogP contribution in [0.5, 0.6) is 5.88 Å². The molecule has 0 aliphatic heterocycles. The van der Waals surface area contributed by atoms with Crippen molar-refractivity contribution in [2.45, 2.75) is 17.7 Å². The molecule has 0 bridgehead atoms. The number of halogens is 3. The first-order valence-electron chi connectivity index (χ1n) is 8.05. The number of methoxy groups -OCH3 is 1. The molecule has 0 saturated heterocycles. The van der Waals surface area contributed by atoms with Crippen LogP contribution in [0, 0.1) is 0 Å². The molecule has 0 radical (unpaired) electrons. The second-order valence-electron chi connectivity index (χ2n) is 5.01. The fraction of sp³-hybridized carbons (Fsp3) is 0.200. The highest BCUT2D eigenvalue weighted by Gasteiger charge is 2.21. The Kier molecular flexibility index (Phi) is 4.27. The molecule has 2 N–H and O–H groups in total. The normalized spacial score (nSPS) is 13.6. The van der Waals surface area contributed by atoms with Gasteiger partial charge in [0, 0.05) is 43.0 Å². The van der Waals surface area contributed by atoms with Crippen LogP contribution in [-0.2, 0) is 16.4 Å². The smallest absolute Gasteiger partial charge is 0.266 e. The van der Waals surface area contributed by atoms with E-state index in [0.29, 0.717) is 15.9 Å². The van der Waals surface area contributed by atoms with Crippen LogP contribution in [0.15, 0.2) is 35.5 Å². The Morgan fingerprint density at radius 1 is 1.46 bits per heavy atom. The minimum absolute atomic E-state index is 0.103. The zero-order valence-corrected chi connectivity index (χ0v) is 14.7. The van der Waals surface area contributed by atoms with E-state index < -0.39 is 40.2 Å². The molecule has 3 aromatic rings. The van der Waals surface area contributed by atoms with Gasteiger partial charge >= 0.3 is 0 Å². The molecule has 138 valence electrons. The molecule has 7 nitrogen and oxygen atoms in total. The number of hydrogen-bond acceptors (Lipinski definition) is 5. The van der Waals surface area contributed by atoms with Gasteiger partial charge in [-0.15, -0.1) is 0 Å². The predicted octanol–water partition coefficient (Wildman–Crippen LogP) is 3.23. The van der Waals surface area contributed by atoms with E-state index in [0.717, 1.165) is 13.3 Å². The monoisotopic (exact) mass is 404 g/mol. The first kappa shape index (κ1) is 15.8. The summed E-state index contributed by atoms with van der Waals surface area (Å²) in [6.45, 7) is 0. The number of nitrogens with zero attached hydrogens (tertiary/aromatic N) is 2. The average molecular weight is 405 g/mol. The van der Waals surface area contributed by atoms with E-state index in [4.69, 9.17) is 19.1 Å². The molecular formula is C15H13ClF2N4O3S. The van der Waals surface area contributed by atoms with Crippen molar-refractivity contribution in [3.8, 4) is 5.88 Å². The van der Waals surface area contributed by atoms with Gasteiger partial charge in [0.25, 0.3) is 10.0 Å². The van der Waals surface area contributed by atoms with E-state index in [-0.39, 0.29) is 4.90 Å². The topological polar surface area (TPSA) is 97.0 Å². The van der Waals surface area contributed by atoms with Gasteiger partial charge in [-0.25, -0.2) is 26.9 Å². The lowest BCUT2D eigenvalue weighted by molar-refractivity contribution is 0.147. The van der Waals surface area contributed by atoms with Crippen LogP contribution < -0.4 is 9.46 Å². The summed E-state index contributed by atoms with van der Waals surface area (Å²) < 4.78 is 73.1. The van der Waals surface area contributed by atoms with Crippen LogP contribution in [0.2, 0.25) is 5.02 Å². The van der Waals surface area contributed by atoms with Crippen molar-refractivity contribution in [1.82, 2.24) is 15.0 Å². The molecule has 1 aromatic carbocycles. The van der Waals surface area contributed by atoms with Gasteiger partial charge in [0.1, 0.15) is 4.90 Å². The second-order valence-corrected chi connectivity index (χ2v) is 7.10. The average Bonchev–Trinajstić information content (AvgIpc) is 3.04. The molecule has 0 amide bonds. The van der Waals surface area contributed by atoms with Crippen molar-refractivity contribution in [2.24, 2.45) is 0 Å². The zero-order chi connectivity index (χ0) is 20.7. The maximum Gasteiger partial charge on any atom is 0.266 e. The molecule has 0 spiro atoms. The molecule has 0 aliphatic carbocycles. The summed E-state index contributed by atoms with van der Waals surface area (Å²) in [4.78, 5) is 10.0. The molecule has 2 aromatic heterocycles. The number of rotatable bonds is 6. The summed E-state index contributed by atoms with van der Waals surface area (Å²) in [5.41, 5.74) is -0.110. The van der Waals surface area contributed by atoms with E-state index >= 15 is 0 Å². The number of fused-ring (bicyclic) bond motifs is 1. The number of alkyl halides is 2. The number of aromatic nitrogens is 3. The summed E-state index contributed by atoms with van der Waals surface area (Å²) in [6, 6.07) is 4.60. The molecule has 11 heteroatoms. The standard InChI is InChI=1S/C15H13ClF2N4O3S/c1-25-14-8(4-13(17)18)6-20-15(21-14)22-26(23,24)12-7-19-11-5-9(16)2-3-10(11)12/h2-3,5-7,13,19H,4H2,1H3,(H,20,21,22)/i4D2. The van der Waals surface area contributed by atoms with Gasteiger partial charge in [0.15, 0.2) is 0 Å². The van der Waals surface area contributed by atoms with Gasteiger partial charge in [-0.2, -0.15) is 4.98 Å². The highest BCUT2D eigenvalue weighted by molar-refractivity contribution is 7.93. The third kappa shape index (κ3) is 3.70. The van der Waals surface area contributed by atoms with Crippen molar-refractivity contribution >= 4 is 38.5 Å². The van der Waals surface area contributed by atoms with Crippen LogP contribution >= 0.6 is 11.6 Å². The highest BCUT2D eigenvalue weighted by atomic mass is 35.5. The second kappa shape index (κ2) is 7.04. The maximum atomic E-state index is 12.9. The lowest BCUT2D eigenvalue weighted by atomic mass is 10.2. The van der Waals surface area contributed by atoms with E-state index in [1.165, 1.54) is 18.3 Å². The van der Waals surface area contributed by atoms with E-state index in [2.05, 4.69) is 19.7 Å². The molecule has 0 aliphatic rings. The zero-order valence-electron chi connectivity index (χ0n) is 15.1. The quantitative estimate of drug-likeness (QED) is 0.657. The Labute approximate surface area is 155 Å². The van der Waals surface area contributed by atoms with Crippen molar-refractivity contribution in [3.63, 3.8) is 0 Å². The third-order valence-electron chi connectivity index (χ3n) is 3.33. The van der Waals surface area contributed by atoms with Gasteiger partial charge in [-0.3, -0.25) is 0 Å². The molecule has 0 fully saturated rings. The number of anilines is 1. The molecule has 0 saturated carbocycles. The van der Waals surface area contributed by atoms with Crippen molar-refractivity contribution in [2.75, 3.05) is 11.8 Å². The Bertz CT molecular complexity index is 1140. The van der Waals surface area contributed by atoms with Gasteiger partial charge in [0.2, 0.25) is 18.3 Å². The van der Waals surface area contributed by atoms with Gasteiger partial charge in [0.05, 0.1) is 7.11 Å². The van der Waals surface area contributed by atoms with E-state index in [9.17, 15) is 17.2 Å². The van der Waals surface area contributed by atoms with Crippen molar-refractivity contribution < 1.29 is 24.7 Å². The van der Waals surface area contributed by atoms with Crippen molar-refractivity contribution in [3.05, 3.63) is 41.2 Å².